The highest BCUT2D eigenvalue weighted by Gasteiger charge is 2.38. The highest BCUT2D eigenvalue weighted by Crippen LogP contribution is 2.37. The molecule has 0 aliphatic heterocycles. The van der Waals surface area contributed by atoms with Crippen molar-refractivity contribution >= 4 is 22.7 Å². The maximum atomic E-state index is 10.7. The van der Waals surface area contributed by atoms with Gasteiger partial charge in [0.05, 0.1) is 0 Å². The lowest BCUT2D eigenvalue weighted by Crippen LogP contribution is -2.26. The Morgan fingerprint density at radius 3 is 1.04 bits per heavy atom. The highest BCUT2D eigenvalue weighted by molar-refractivity contribution is 7.86. The third kappa shape index (κ3) is 5.15. The van der Waals surface area contributed by atoms with Crippen LogP contribution in [0, 0.1) is 0 Å². The smallest absolute Gasteiger partial charge is 0.485 e. The Morgan fingerprint density at radius 2 is 0.857 bits per heavy atom. The first kappa shape index (κ1) is 22.0. The van der Waals surface area contributed by atoms with E-state index in [9.17, 15) is 13.2 Å². The molecule has 8 heteroatoms. The fourth-order valence-corrected chi connectivity index (χ4v) is 3.06. The van der Waals surface area contributed by atoms with E-state index in [0.717, 1.165) is 0 Å². The largest absolute Gasteiger partial charge is 0.741 e. The Kier molecular flexibility index (Phi) is 6.92. The Morgan fingerprint density at radius 1 is 0.643 bits per heavy atom. The lowest BCUT2D eigenvalue weighted by molar-refractivity contribution is -0.0517. The summed E-state index contributed by atoms with van der Waals surface area (Å²) in [6.45, 7) is 0. The lowest BCUT2D eigenvalue weighted by Gasteiger charge is -2.24. The van der Waals surface area contributed by atoms with Gasteiger partial charge in [0.15, 0.2) is 14.9 Å². The molecule has 0 spiro atoms. The molecule has 28 heavy (non-hydrogen) atoms. The molecule has 0 amide bonds. The van der Waals surface area contributed by atoms with E-state index in [1.54, 1.807) is 0 Å². The molecule has 0 saturated heterocycles. The minimum absolute atomic E-state index is 0.316. The minimum atomic E-state index is -6.09. The number of alkyl halides is 3. The molecule has 0 bridgehead atoms. The van der Waals surface area contributed by atoms with Gasteiger partial charge in [0.2, 0.25) is 0 Å². The lowest BCUT2D eigenvalue weighted by atomic mass is 9.84. The number of hydrogen-bond acceptors (Lipinski definition) is 3. The van der Waals surface area contributed by atoms with E-state index in [0.29, 0.717) is 0 Å². The zero-order valence-corrected chi connectivity index (χ0v) is 16.2. The summed E-state index contributed by atoms with van der Waals surface area (Å²) in [5.41, 5.74) is -1.95. The molecule has 3 nitrogen and oxygen atoms in total. The quantitative estimate of drug-likeness (QED) is 0.275. The van der Waals surface area contributed by atoms with Crippen molar-refractivity contribution in [3.8, 4) is 0 Å². The Hall–Kier alpha value is -2.29. The monoisotopic (exact) mass is 426 g/mol. The summed E-state index contributed by atoms with van der Waals surface area (Å²) in [6, 6.07) is 31.6. The van der Waals surface area contributed by atoms with Crippen LogP contribution in [0.15, 0.2) is 91.0 Å². The van der Waals surface area contributed by atoms with Crippen LogP contribution in [-0.4, -0.2) is 18.5 Å². The van der Waals surface area contributed by atoms with E-state index in [-0.39, 0.29) is 4.75 Å². The van der Waals surface area contributed by atoms with Gasteiger partial charge in [0.25, 0.3) is 0 Å². The molecule has 3 rings (SSSR count). The first-order valence-electron chi connectivity index (χ1n) is 8.00. The van der Waals surface area contributed by atoms with E-state index in [4.69, 9.17) is 13.0 Å². The van der Waals surface area contributed by atoms with Crippen LogP contribution in [0.4, 0.5) is 13.2 Å². The van der Waals surface area contributed by atoms with Gasteiger partial charge in [-0.2, -0.15) is 13.2 Å². The third-order valence-corrected chi connectivity index (χ3v) is 5.34. The van der Waals surface area contributed by atoms with E-state index in [1.165, 1.54) is 16.7 Å². The summed E-state index contributed by atoms with van der Waals surface area (Å²) in [4.78, 5) is 0. The Bertz CT molecular complexity index is 879. The van der Waals surface area contributed by atoms with Crippen molar-refractivity contribution in [3.63, 3.8) is 0 Å². The standard InChI is InChI=1S/C19H16S.CHF3O3S/c20-19(16-10-4-1-5-11-16,17-12-6-2-7-13-17)18-14-8-3-9-15-18;2-1(3,4)8(5,6)7/h1-15,20H;(H,5,6,7). The number of rotatable bonds is 3. The zero-order chi connectivity index (χ0) is 20.8. The van der Waals surface area contributed by atoms with Gasteiger partial charge in [0.1, 0.15) is 0 Å². The summed E-state index contributed by atoms with van der Waals surface area (Å²) in [5.74, 6) is 0. The van der Waals surface area contributed by atoms with Crippen LogP contribution in [0.1, 0.15) is 16.7 Å². The maximum Gasteiger partial charge on any atom is 0.485 e. The molecule has 0 aromatic heterocycles. The molecule has 0 unspecified atom stereocenters. The number of halogens is 3. The SMILES string of the molecule is O=S(=O)([O-])C(F)(F)F.[SH2+]C(c1ccccc1)(c1ccccc1)c1ccccc1. The summed E-state index contributed by atoms with van der Waals surface area (Å²) >= 11 is 4.07. The average Bonchev–Trinajstić information content (AvgIpc) is 2.68. The summed E-state index contributed by atoms with van der Waals surface area (Å²) in [7, 11) is -6.09. The van der Waals surface area contributed by atoms with E-state index in [2.05, 4.69) is 85.4 Å². The van der Waals surface area contributed by atoms with E-state index >= 15 is 0 Å². The second-order valence-electron chi connectivity index (χ2n) is 5.75. The predicted octanol–water partition coefficient (Wildman–Crippen LogP) is 4.04. The molecule has 0 aliphatic rings. The zero-order valence-electron chi connectivity index (χ0n) is 14.4. The summed E-state index contributed by atoms with van der Waals surface area (Å²) < 4.78 is 58.6. The van der Waals surface area contributed by atoms with Crippen molar-refractivity contribution in [3.05, 3.63) is 108 Å². The summed E-state index contributed by atoms with van der Waals surface area (Å²) in [6.07, 6.45) is 0. The average molecular weight is 426 g/mol. The molecule has 3 aromatic rings. The molecular weight excluding hydrogens is 409 g/mol. The van der Waals surface area contributed by atoms with Gasteiger partial charge in [-0.05, 0) is 12.6 Å². The van der Waals surface area contributed by atoms with Crippen molar-refractivity contribution in [2.24, 2.45) is 0 Å². The number of hydrogen-bond donors (Lipinski definition) is 0. The Balaban J connectivity index is 0.000000300. The van der Waals surface area contributed by atoms with Gasteiger partial charge in [-0.15, -0.1) is 0 Å². The van der Waals surface area contributed by atoms with Crippen LogP contribution in [0.5, 0.6) is 0 Å². The maximum absolute atomic E-state index is 10.7. The van der Waals surface area contributed by atoms with Gasteiger partial charge in [-0.1, -0.05) is 91.0 Å². The first-order valence-corrected chi connectivity index (χ1v) is 9.91. The third-order valence-electron chi connectivity index (χ3n) is 3.90. The molecule has 0 aliphatic carbocycles. The fourth-order valence-electron chi connectivity index (χ4n) is 2.56. The molecule has 0 saturated carbocycles. The van der Waals surface area contributed by atoms with E-state index < -0.39 is 15.6 Å². The second kappa shape index (κ2) is 8.81. The fraction of sp³-hybridized carbons (Fsp3) is 0.100. The van der Waals surface area contributed by atoms with Crippen LogP contribution >= 0.6 is 0 Å². The summed E-state index contributed by atoms with van der Waals surface area (Å²) in [5, 5.41) is 0. The topological polar surface area (TPSA) is 57.2 Å². The molecule has 0 radical (unpaired) electrons. The Labute approximate surface area is 167 Å². The predicted molar refractivity (Wildman–Crippen MR) is 105 cm³/mol. The van der Waals surface area contributed by atoms with Crippen LogP contribution in [0.3, 0.4) is 0 Å². The van der Waals surface area contributed by atoms with Gasteiger partial charge in [-0.3, -0.25) is 0 Å². The van der Waals surface area contributed by atoms with E-state index in [1.807, 2.05) is 18.2 Å². The second-order valence-corrected chi connectivity index (χ2v) is 7.87. The van der Waals surface area contributed by atoms with Crippen molar-refractivity contribution in [1.82, 2.24) is 0 Å². The van der Waals surface area contributed by atoms with Gasteiger partial charge < -0.3 is 4.55 Å². The van der Waals surface area contributed by atoms with Crippen molar-refractivity contribution in [1.29, 1.82) is 0 Å². The molecular formula is C20H17F3O3S2. The molecule has 0 heterocycles. The van der Waals surface area contributed by atoms with Crippen molar-refractivity contribution < 1.29 is 26.1 Å². The van der Waals surface area contributed by atoms with Crippen molar-refractivity contribution in [2.45, 2.75) is 10.3 Å². The van der Waals surface area contributed by atoms with Gasteiger partial charge in [-0.25, -0.2) is 8.42 Å². The molecule has 0 atom stereocenters. The molecule has 148 valence electrons. The van der Waals surface area contributed by atoms with Crippen molar-refractivity contribution in [2.75, 3.05) is 0 Å². The molecule has 0 fully saturated rings. The van der Waals surface area contributed by atoms with Crippen LogP contribution in [0.2, 0.25) is 0 Å². The van der Waals surface area contributed by atoms with Gasteiger partial charge in [0, 0.05) is 16.7 Å². The molecule has 3 aromatic carbocycles. The minimum Gasteiger partial charge on any atom is -0.741 e. The van der Waals surface area contributed by atoms with Crippen LogP contribution in [0.25, 0.3) is 0 Å². The van der Waals surface area contributed by atoms with Crippen LogP contribution in [-0.2, 0) is 27.5 Å². The number of benzene rings is 3. The van der Waals surface area contributed by atoms with Crippen LogP contribution < -0.4 is 0 Å². The normalized spacial score (nSPS) is 12.0. The first-order chi connectivity index (χ1) is 13.1. The molecule has 0 N–H and O–H groups in total. The highest BCUT2D eigenvalue weighted by atomic mass is 32.2. The van der Waals surface area contributed by atoms with Gasteiger partial charge >= 0.3 is 5.51 Å².